The number of amides is 1. The molecule has 1 unspecified atom stereocenters. The van der Waals surface area contributed by atoms with E-state index in [0.29, 0.717) is 24.9 Å². The summed E-state index contributed by atoms with van der Waals surface area (Å²) in [4.78, 5) is 38.3. The Morgan fingerprint density at radius 3 is 2.34 bits per heavy atom. The lowest BCUT2D eigenvalue weighted by atomic mass is 9.97. The van der Waals surface area contributed by atoms with Crippen molar-refractivity contribution in [3.05, 3.63) is 71.0 Å². The molecule has 29 heavy (non-hydrogen) atoms. The van der Waals surface area contributed by atoms with Crippen LogP contribution in [0.25, 0.3) is 0 Å². The van der Waals surface area contributed by atoms with E-state index in [1.807, 2.05) is 0 Å². The summed E-state index contributed by atoms with van der Waals surface area (Å²) in [7, 11) is 0. The third-order valence-electron chi connectivity index (χ3n) is 4.72. The zero-order valence-electron chi connectivity index (χ0n) is 15.4. The molecule has 1 saturated heterocycles. The molecule has 0 saturated carbocycles. The fourth-order valence-corrected chi connectivity index (χ4v) is 3.14. The molecule has 152 valence electrons. The quantitative estimate of drug-likeness (QED) is 0.565. The van der Waals surface area contributed by atoms with E-state index in [1.54, 1.807) is 0 Å². The number of rotatable bonds is 5. The fourth-order valence-electron chi connectivity index (χ4n) is 3.14. The highest BCUT2D eigenvalue weighted by atomic mass is 19.2. The third kappa shape index (κ3) is 5.01. The van der Waals surface area contributed by atoms with Crippen molar-refractivity contribution in [2.24, 2.45) is 5.92 Å². The Balaban J connectivity index is 1.56. The summed E-state index contributed by atoms with van der Waals surface area (Å²) in [5.41, 5.74) is 0.211. The van der Waals surface area contributed by atoms with Gasteiger partial charge in [-0.2, -0.15) is 0 Å². The summed E-state index contributed by atoms with van der Waals surface area (Å²) in [6.07, 6.45) is 1.06. The topological polar surface area (TPSA) is 63.7 Å². The molecule has 1 fully saturated rings. The minimum Gasteiger partial charge on any atom is -0.457 e. The second-order valence-electron chi connectivity index (χ2n) is 6.76. The highest BCUT2D eigenvalue weighted by Gasteiger charge is 2.30. The standard InChI is InChI=1S/C21H18F3NO4/c22-16-6-3-13(4-7-16)20(27)25-9-1-2-15(11-25)21(28)29-12-19(26)14-5-8-17(23)18(24)10-14/h3-8,10,15H,1-2,9,11-12H2. The number of Topliss-reactive ketones (excluding diaryl/α,β-unsaturated/α-hetero) is 1. The van der Waals surface area contributed by atoms with Crippen molar-refractivity contribution in [1.29, 1.82) is 0 Å². The van der Waals surface area contributed by atoms with E-state index in [-0.39, 0.29) is 18.0 Å². The number of ketones is 1. The first kappa shape index (κ1) is 20.6. The first-order valence-corrected chi connectivity index (χ1v) is 9.05. The molecule has 0 aromatic heterocycles. The van der Waals surface area contributed by atoms with Crippen LogP contribution in [0.3, 0.4) is 0 Å². The Kier molecular flexibility index (Phi) is 6.31. The van der Waals surface area contributed by atoms with Gasteiger partial charge in [0.15, 0.2) is 24.0 Å². The molecule has 1 heterocycles. The number of benzene rings is 2. The first-order chi connectivity index (χ1) is 13.8. The van der Waals surface area contributed by atoms with Crippen LogP contribution in [0.2, 0.25) is 0 Å². The maximum atomic E-state index is 13.2. The van der Waals surface area contributed by atoms with Gasteiger partial charge >= 0.3 is 5.97 Å². The van der Waals surface area contributed by atoms with Gasteiger partial charge in [-0.3, -0.25) is 14.4 Å². The van der Waals surface area contributed by atoms with Crippen molar-refractivity contribution >= 4 is 17.7 Å². The van der Waals surface area contributed by atoms with Gasteiger partial charge in [-0.1, -0.05) is 0 Å². The van der Waals surface area contributed by atoms with Crippen LogP contribution in [0.5, 0.6) is 0 Å². The van der Waals surface area contributed by atoms with Crippen molar-refractivity contribution in [3.8, 4) is 0 Å². The van der Waals surface area contributed by atoms with Crippen molar-refractivity contribution in [1.82, 2.24) is 4.90 Å². The van der Waals surface area contributed by atoms with Crippen LogP contribution >= 0.6 is 0 Å². The van der Waals surface area contributed by atoms with E-state index in [1.165, 1.54) is 29.2 Å². The van der Waals surface area contributed by atoms with Crippen LogP contribution in [-0.2, 0) is 9.53 Å². The number of esters is 1. The molecule has 1 aliphatic rings. The van der Waals surface area contributed by atoms with E-state index >= 15 is 0 Å². The van der Waals surface area contributed by atoms with Gasteiger partial charge in [0.05, 0.1) is 5.92 Å². The second kappa shape index (κ2) is 8.89. The highest BCUT2D eigenvalue weighted by Crippen LogP contribution is 2.20. The predicted molar refractivity (Wildman–Crippen MR) is 96.7 cm³/mol. The Bertz CT molecular complexity index is 930. The van der Waals surface area contributed by atoms with Crippen LogP contribution in [0.1, 0.15) is 33.6 Å². The van der Waals surface area contributed by atoms with E-state index in [9.17, 15) is 27.6 Å². The minimum atomic E-state index is -1.16. The van der Waals surface area contributed by atoms with Gasteiger partial charge in [0.2, 0.25) is 0 Å². The van der Waals surface area contributed by atoms with Crippen molar-refractivity contribution in [2.45, 2.75) is 12.8 Å². The van der Waals surface area contributed by atoms with Crippen molar-refractivity contribution in [2.75, 3.05) is 19.7 Å². The molecule has 8 heteroatoms. The Morgan fingerprint density at radius 1 is 0.966 bits per heavy atom. The monoisotopic (exact) mass is 405 g/mol. The molecule has 0 bridgehead atoms. The molecule has 3 rings (SSSR count). The minimum absolute atomic E-state index is 0.103. The molecule has 1 atom stereocenters. The van der Waals surface area contributed by atoms with Crippen LogP contribution in [0.15, 0.2) is 42.5 Å². The van der Waals surface area contributed by atoms with Gasteiger partial charge in [0, 0.05) is 24.2 Å². The van der Waals surface area contributed by atoms with Gasteiger partial charge in [-0.15, -0.1) is 0 Å². The molecule has 1 aliphatic heterocycles. The molecule has 2 aromatic rings. The van der Waals surface area contributed by atoms with E-state index in [2.05, 4.69) is 0 Å². The number of carbonyl (C=O) groups is 3. The summed E-state index contributed by atoms with van der Waals surface area (Å²) in [6, 6.07) is 7.80. The molecule has 0 radical (unpaired) electrons. The third-order valence-corrected chi connectivity index (χ3v) is 4.72. The molecule has 2 aromatic carbocycles. The largest absolute Gasteiger partial charge is 0.457 e. The number of hydrogen-bond acceptors (Lipinski definition) is 4. The number of halogens is 3. The smallest absolute Gasteiger partial charge is 0.311 e. The average molecular weight is 405 g/mol. The molecule has 5 nitrogen and oxygen atoms in total. The van der Waals surface area contributed by atoms with Crippen LogP contribution in [0.4, 0.5) is 13.2 Å². The maximum absolute atomic E-state index is 13.2. The Morgan fingerprint density at radius 2 is 1.66 bits per heavy atom. The van der Waals surface area contributed by atoms with Crippen molar-refractivity contribution < 1.29 is 32.3 Å². The normalized spacial score (nSPS) is 16.4. The summed E-state index contributed by atoms with van der Waals surface area (Å²) in [5, 5.41) is 0. The number of hydrogen-bond donors (Lipinski definition) is 0. The molecular formula is C21H18F3NO4. The van der Waals surface area contributed by atoms with Crippen LogP contribution in [0, 0.1) is 23.4 Å². The van der Waals surface area contributed by atoms with Gasteiger partial charge in [-0.05, 0) is 55.3 Å². The van der Waals surface area contributed by atoms with E-state index < -0.39 is 41.7 Å². The number of likely N-dealkylation sites (tertiary alicyclic amines) is 1. The zero-order valence-corrected chi connectivity index (χ0v) is 15.4. The number of piperidine rings is 1. The summed E-state index contributed by atoms with van der Waals surface area (Å²) in [5.74, 6) is -4.92. The molecule has 0 spiro atoms. The predicted octanol–water partition coefficient (Wildman–Crippen LogP) is 3.38. The summed E-state index contributed by atoms with van der Waals surface area (Å²) >= 11 is 0. The lowest BCUT2D eigenvalue weighted by molar-refractivity contribution is -0.148. The molecular weight excluding hydrogens is 387 g/mol. The lowest BCUT2D eigenvalue weighted by Crippen LogP contribution is -2.43. The average Bonchev–Trinajstić information content (AvgIpc) is 2.73. The van der Waals surface area contributed by atoms with E-state index in [0.717, 1.165) is 18.2 Å². The Hall–Kier alpha value is -3.16. The van der Waals surface area contributed by atoms with E-state index in [4.69, 9.17) is 4.74 Å². The van der Waals surface area contributed by atoms with Gasteiger partial charge < -0.3 is 9.64 Å². The number of ether oxygens (including phenoxy) is 1. The van der Waals surface area contributed by atoms with Crippen molar-refractivity contribution in [3.63, 3.8) is 0 Å². The van der Waals surface area contributed by atoms with Crippen LogP contribution < -0.4 is 0 Å². The Labute approximate surface area is 165 Å². The summed E-state index contributed by atoms with van der Waals surface area (Å²) in [6.45, 7) is -0.0332. The highest BCUT2D eigenvalue weighted by molar-refractivity contribution is 5.98. The van der Waals surface area contributed by atoms with Gasteiger partial charge in [0.25, 0.3) is 5.91 Å². The van der Waals surface area contributed by atoms with Crippen LogP contribution in [-0.4, -0.2) is 42.3 Å². The fraction of sp³-hybridized carbons (Fsp3) is 0.286. The maximum Gasteiger partial charge on any atom is 0.311 e. The molecule has 0 N–H and O–H groups in total. The summed E-state index contributed by atoms with van der Waals surface area (Å²) < 4.78 is 44.2. The number of carbonyl (C=O) groups excluding carboxylic acids is 3. The lowest BCUT2D eigenvalue weighted by Gasteiger charge is -2.31. The second-order valence-corrected chi connectivity index (χ2v) is 6.76. The van der Waals surface area contributed by atoms with Gasteiger partial charge in [-0.25, -0.2) is 13.2 Å². The molecule has 1 amide bonds. The number of nitrogens with zero attached hydrogens (tertiary/aromatic N) is 1. The molecule has 0 aliphatic carbocycles. The zero-order chi connectivity index (χ0) is 21.0. The first-order valence-electron chi connectivity index (χ1n) is 9.05. The SMILES string of the molecule is O=C(COC(=O)C1CCCN(C(=O)c2ccc(F)cc2)C1)c1ccc(F)c(F)c1. The van der Waals surface area contributed by atoms with Gasteiger partial charge in [0.1, 0.15) is 5.82 Å².